The van der Waals surface area contributed by atoms with Crippen molar-refractivity contribution in [2.24, 2.45) is 5.92 Å². The molecule has 0 amide bonds. The van der Waals surface area contributed by atoms with Crippen molar-refractivity contribution in [3.05, 3.63) is 23.8 Å². The standard InChI is InChI=1S/C16H25NO4/c1-6-17(10-11(2)16(18)19)12(3)14-8-7-13(20-4)9-15(14)21-5/h7-9,11-12H,6,10H2,1-5H3,(H,18,19). The van der Waals surface area contributed by atoms with Crippen molar-refractivity contribution in [1.29, 1.82) is 0 Å². The monoisotopic (exact) mass is 295 g/mol. The number of aliphatic carboxylic acids is 1. The molecule has 1 aromatic carbocycles. The van der Waals surface area contributed by atoms with Crippen LogP contribution in [0.5, 0.6) is 11.5 Å². The number of carbonyl (C=O) groups is 1. The predicted octanol–water partition coefficient (Wildman–Crippen LogP) is 2.81. The summed E-state index contributed by atoms with van der Waals surface area (Å²) in [5.41, 5.74) is 1.03. The smallest absolute Gasteiger partial charge is 0.307 e. The molecule has 0 fully saturated rings. The van der Waals surface area contributed by atoms with Gasteiger partial charge in [0.15, 0.2) is 0 Å². The Morgan fingerprint density at radius 3 is 2.43 bits per heavy atom. The van der Waals surface area contributed by atoms with Crippen LogP contribution in [-0.4, -0.2) is 43.3 Å². The molecule has 0 aliphatic heterocycles. The molecule has 21 heavy (non-hydrogen) atoms. The zero-order chi connectivity index (χ0) is 16.0. The number of hydrogen-bond donors (Lipinski definition) is 1. The van der Waals surface area contributed by atoms with E-state index in [0.717, 1.165) is 23.6 Å². The number of benzene rings is 1. The Bertz CT molecular complexity index is 475. The molecule has 2 unspecified atom stereocenters. The number of ether oxygens (including phenoxy) is 2. The number of hydrogen-bond acceptors (Lipinski definition) is 4. The molecule has 0 radical (unpaired) electrons. The van der Waals surface area contributed by atoms with Crippen LogP contribution in [0.1, 0.15) is 32.4 Å². The number of rotatable bonds is 8. The third-order valence-electron chi connectivity index (χ3n) is 3.77. The third kappa shape index (κ3) is 4.36. The maximum Gasteiger partial charge on any atom is 0.307 e. The fourth-order valence-corrected chi connectivity index (χ4v) is 2.35. The van der Waals surface area contributed by atoms with Gasteiger partial charge in [-0.15, -0.1) is 0 Å². The molecule has 0 bridgehead atoms. The van der Waals surface area contributed by atoms with E-state index >= 15 is 0 Å². The van der Waals surface area contributed by atoms with Gasteiger partial charge in [0.2, 0.25) is 0 Å². The topological polar surface area (TPSA) is 59.0 Å². The first-order valence-corrected chi connectivity index (χ1v) is 7.13. The fourth-order valence-electron chi connectivity index (χ4n) is 2.35. The second-order valence-corrected chi connectivity index (χ2v) is 5.11. The Kier molecular flexibility index (Phi) is 6.49. The minimum absolute atomic E-state index is 0.0673. The minimum Gasteiger partial charge on any atom is -0.497 e. The average molecular weight is 295 g/mol. The summed E-state index contributed by atoms with van der Waals surface area (Å²) in [5.74, 6) is 0.312. The summed E-state index contributed by atoms with van der Waals surface area (Å²) in [6.07, 6.45) is 0. The quantitative estimate of drug-likeness (QED) is 0.799. The Morgan fingerprint density at radius 1 is 1.29 bits per heavy atom. The van der Waals surface area contributed by atoms with Crippen LogP contribution in [0, 0.1) is 5.92 Å². The summed E-state index contributed by atoms with van der Waals surface area (Å²) < 4.78 is 10.6. The zero-order valence-corrected chi connectivity index (χ0v) is 13.4. The fraction of sp³-hybridized carbons (Fsp3) is 0.562. The highest BCUT2D eigenvalue weighted by Crippen LogP contribution is 2.32. The van der Waals surface area contributed by atoms with Gasteiger partial charge in [-0.05, 0) is 19.5 Å². The van der Waals surface area contributed by atoms with Crippen molar-refractivity contribution in [3.63, 3.8) is 0 Å². The molecule has 0 saturated heterocycles. The van der Waals surface area contributed by atoms with Gasteiger partial charge in [-0.1, -0.05) is 19.9 Å². The Labute approximate surface area is 126 Å². The van der Waals surface area contributed by atoms with Gasteiger partial charge in [-0.3, -0.25) is 9.69 Å². The van der Waals surface area contributed by atoms with Crippen LogP contribution in [0.4, 0.5) is 0 Å². The molecular formula is C16H25NO4. The van der Waals surface area contributed by atoms with Crippen LogP contribution in [0.25, 0.3) is 0 Å². The maximum atomic E-state index is 11.0. The number of methoxy groups -OCH3 is 2. The van der Waals surface area contributed by atoms with E-state index in [1.807, 2.05) is 25.1 Å². The van der Waals surface area contributed by atoms with Crippen LogP contribution in [0.15, 0.2) is 18.2 Å². The van der Waals surface area contributed by atoms with Crippen LogP contribution >= 0.6 is 0 Å². The summed E-state index contributed by atoms with van der Waals surface area (Å²) >= 11 is 0. The van der Waals surface area contributed by atoms with E-state index in [9.17, 15) is 4.79 Å². The van der Waals surface area contributed by atoms with Crippen molar-refractivity contribution in [2.45, 2.75) is 26.8 Å². The lowest BCUT2D eigenvalue weighted by atomic mass is 10.0. The molecule has 1 N–H and O–H groups in total. The maximum absolute atomic E-state index is 11.0. The Morgan fingerprint density at radius 2 is 1.95 bits per heavy atom. The first kappa shape index (κ1) is 17.3. The van der Waals surface area contributed by atoms with Crippen LogP contribution in [0.3, 0.4) is 0 Å². The van der Waals surface area contributed by atoms with Crippen molar-refractivity contribution >= 4 is 5.97 Å². The largest absolute Gasteiger partial charge is 0.497 e. The van der Waals surface area contributed by atoms with E-state index < -0.39 is 11.9 Å². The SMILES string of the molecule is CCN(CC(C)C(=O)O)C(C)c1ccc(OC)cc1OC. The van der Waals surface area contributed by atoms with E-state index in [0.29, 0.717) is 6.54 Å². The van der Waals surface area contributed by atoms with Crippen molar-refractivity contribution < 1.29 is 19.4 Å². The molecule has 0 heterocycles. The highest BCUT2D eigenvalue weighted by atomic mass is 16.5. The zero-order valence-electron chi connectivity index (χ0n) is 13.4. The molecule has 5 nitrogen and oxygen atoms in total. The van der Waals surface area contributed by atoms with Gasteiger partial charge in [0, 0.05) is 24.2 Å². The first-order valence-electron chi connectivity index (χ1n) is 7.13. The minimum atomic E-state index is -0.776. The van der Waals surface area contributed by atoms with Crippen molar-refractivity contribution in [1.82, 2.24) is 4.90 Å². The van der Waals surface area contributed by atoms with Gasteiger partial charge >= 0.3 is 5.97 Å². The summed E-state index contributed by atoms with van der Waals surface area (Å²) in [4.78, 5) is 13.2. The molecule has 2 atom stereocenters. The summed E-state index contributed by atoms with van der Waals surface area (Å²) in [6, 6.07) is 5.78. The normalized spacial score (nSPS) is 13.8. The van der Waals surface area contributed by atoms with Crippen LogP contribution in [0.2, 0.25) is 0 Å². The summed E-state index contributed by atoms with van der Waals surface area (Å²) in [6.45, 7) is 7.09. The van der Waals surface area contributed by atoms with Crippen molar-refractivity contribution in [3.8, 4) is 11.5 Å². The Hall–Kier alpha value is -1.75. The van der Waals surface area contributed by atoms with Gasteiger partial charge < -0.3 is 14.6 Å². The van der Waals surface area contributed by atoms with Gasteiger partial charge in [-0.25, -0.2) is 0 Å². The summed E-state index contributed by atoms with van der Waals surface area (Å²) in [5, 5.41) is 9.08. The van der Waals surface area contributed by atoms with E-state index in [1.54, 1.807) is 21.1 Å². The Balaban J connectivity index is 2.98. The van der Waals surface area contributed by atoms with E-state index in [1.165, 1.54) is 0 Å². The third-order valence-corrected chi connectivity index (χ3v) is 3.77. The second kappa shape index (κ2) is 7.88. The second-order valence-electron chi connectivity index (χ2n) is 5.11. The van der Waals surface area contributed by atoms with E-state index in [2.05, 4.69) is 11.8 Å². The molecule has 1 rings (SSSR count). The average Bonchev–Trinajstić information content (AvgIpc) is 2.50. The highest BCUT2D eigenvalue weighted by Gasteiger charge is 2.22. The molecular weight excluding hydrogens is 270 g/mol. The van der Waals surface area contributed by atoms with Crippen LogP contribution in [-0.2, 0) is 4.79 Å². The highest BCUT2D eigenvalue weighted by molar-refractivity contribution is 5.69. The van der Waals surface area contributed by atoms with E-state index in [4.69, 9.17) is 14.6 Å². The van der Waals surface area contributed by atoms with Gasteiger partial charge in [0.05, 0.1) is 20.1 Å². The van der Waals surface area contributed by atoms with Crippen molar-refractivity contribution in [2.75, 3.05) is 27.3 Å². The lowest BCUT2D eigenvalue weighted by Gasteiger charge is -2.30. The molecule has 118 valence electrons. The van der Waals surface area contributed by atoms with Gasteiger partial charge in [-0.2, -0.15) is 0 Å². The molecule has 0 aliphatic rings. The number of carboxylic acid groups (broad SMARTS) is 1. The van der Waals surface area contributed by atoms with Gasteiger partial charge in [0.25, 0.3) is 0 Å². The van der Waals surface area contributed by atoms with Gasteiger partial charge in [0.1, 0.15) is 11.5 Å². The lowest BCUT2D eigenvalue weighted by molar-refractivity contribution is -0.141. The molecule has 0 aromatic heterocycles. The molecule has 0 aliphatic carbocycles. The van der Waals surface area contributed by atoms with Crippen LogP contribution < -0.4 is 9.47 Å². The predicted molar refractivity (Wildman–Crippen MR) is 82.0 cm³/mol. The lowest BCUT2D eigenvalue weighted by Crippen LogP contribution is -2.34. The molecule has 0 spiro atoms. The van der Waals surface area contributed by atoms with E-state index in [-0.39, 0.29) is 6.04 Å². The molecule has 1 aromatic rings. The number of nitrogens with zero attached hydrogens (tertiary/aromatic N) is 1. The molecule has 0 saturated carbocycles. The summed E-state index contributed by atoms with van der Waals surface area (Å²) in [7, 11) is 3.24. The first-order chi connectivity index (χ1) is 9.94. The number of carboxylic acids is 1. The molecule has 5 heteroatoms.